The van der Waals surface area contributed by atoms with Gasteiger partial charge in [0.25, 0.3) is 0 Å². The van der Waals surface area contributed by atoms with Crippen molar-refractivity contribution in [3.8, 4) is 17.1 Å². The normalized spacial score (nSPS) is 11.2. The zero-order valence-electron chi connectivity index (χ0n) is 19.7. The highest BCUT2D eigenvalue weighted by Gasteiger charge is 2.16. The van der Waals surface area contributed by atoms with Gasteiger partial charge in [-0.15, -0.1) is 0 Å². The number of para-hydroxylation sites is 1. The molecule has 0 atom stereocenters. The molecular weight excluding hydrogens is 458 g/mol. The molecular formula is C29H26ClN3O2. The number of hydrogen-bond donors (Lipinski definition) is 2. The Balaban J connectivity index is 1.40. The Hall–Kier alpha value is -3.83. The fraction of sp³-hybridized carbons (Fsp3) is 0.172. The van der Waals surface area contributed by atoms with E-state index in [-0.39, 0.29) is 5.91 Å². The first-order chi connectivity index (χ1) is 17.0. The maximum absolute atomic E-state index is 12.7. The van der Waals surface area contributed by atoms with Crippen molar-refractivity contribution in [3.05, 3.63) is 88.9 Å². The molecule has 2 heterocycles. The number of amides is 1. The van der Waals surface area contributed by atoms with Crippen LogP contribution in [0.15, 0.2) is 72.8 Å². The largest absolute Gasteiger partial charge is 0.495 e. The summed E-state index contributed by atoms with van der Waals surface area (Å²) < 4.78 is 5.33. The number of carbonyl (C=O) groups excluding carboxylic acids is 1. The second-order valence-corrected chi connectivity index (χ2v) is 9.10. The van der Waals surface area contributed by atoms with E-state index in [0.29, 0.717) is 29.3 Å². The van der Waals surface area contributed by atoms with Gasteiger partial charge >= 0.3 is 0 Å². The van der Waals surface area contributed by atoms with Gasteiger partial charge in [-0.05, 0) is 67.8 Å². The summed E-state index contributed by atoms with van der Waals surface area (Å²) in [5.41, 5.74) is 6.90. The number of anilines is 1. The van der Waals surface area contributed by atoms with Gasteiger partial charge in [-0.2, -0.15) is 0 Å². The van der Waals surface area contributed by atoms with E-state index < -0.39 is 0 Å². The number of H-pyrrole nitrogens is 1. The second kappa shape index (κ2) is 9.80. The number of halogens is 1. The van der Waals surface area contributed by atoms with Gasteiger partial charge in [0.15, 0.2) is 0 Å². The molecule has 0 bridgehead atoms. The summed E-state index contributed by atoms with van der Waals surface area (Å²) in [6.07, 6.45) is 1.81. The quantitative estimate of drug-likeness (QED) is 0.255. The molecule has 5 aromatic rings. The Morgan fingerprint density at radius 2 is 1.91 bits per heavy atom. The minimum atomic E-state index is -0.0769. The van der Waals surface area contributed by atoms with E-state index in [1.807, 2.05) is 18.2 Å². The number of carbonyl (C=O) groups is 1. The molecule has 0 saturated carbocycles. The highest BCUT2D eigenvalue weighted by molar-refractivity contribution is 6.31. The number of fused-ring (bicyclic) bond motifs is 2. The number of pyridine rings is 1. The molecule has 5 nitrogen and oxygen atoms in total. The summed E-state index contributed by atoms with van der Waals surface area (Å²) in [5, 5.41) is 5.75. The van der Waals surface area contributed by atoms with Gasteiger partial charge in [-0.3, -0.25) is 4.79 Å². The van der Waals surface area contributed by atoms with Crippen molar-refractivity contribution in [2.24, 2.45) is 0 Å². The molecule has 3 aromatic carbocycles. The van der Waals surface area contributed by atoms with Crippen LogP contribution in [0, 0.1) is 6.92 Å². The average Bonchev–Trinajstić information content (AvgIpc) is 3.21. The molecule has 0 aliphatic carbocycles. The van der Waals surface area contributed by atoms with Crippen LogP contribution >= 0.6 is 11.6 Å². The number of aromatic nitrogens is 2. The molecule has 0 aliphatic heterocycles. The van der Waals surface area contributed by atoms with E-state index in [1.165, 1.54) is 16.5 Å². The summed E-state index contributed by atoms with van der Waals surface area (Å²) >= 11 is 6.09. The SMILES string of the molecule is COc1ccc(Cl)cc1NC(=O)CCCc1c(-c2ccc3ccccc3n2)[nH]c2ccc(C)cc12. The first kappa shape index (κ1) is 22.9. The van der Waals surface area contributed by atoms with Crippen LogP contribution in [-0.4, -0.2) is 23.0 Å². The second-order valence-electron chi connectivity index (χ2n) is 8.66. The van der Waals surface area contributed by atoms with Crippen molar-refractivity contribution in [1.29, 1.82) is 0 Å². The van der Waals surface area contributed by atoms with Crippen LogP contribution in [0.3, 0.4) is 0 Å². The minimum absolute atomic E-state index is 0.0769. The van der Waals surface area contributed by atoms with E-state index in [1.54, 1.807) is 25.3 Å². The predicted molar refractivity (Wildman–Crippen MR) is 143 cm³/mol. The maximum Gasteiger partial charge on any atom is 0.224 e. The number of methoxy groups -OCH3 is 1. The number of benzene rings is 3. The van der Waals surface area contributed by atoms with E-state index in [4.69, 9.17) is 21.3 Å². The van der Waals surface area contributed by atoms with Crippen molar-refractivity contribution in [2.45, 2.75) is 26.2 Å². The molecule has 2 N–H and O–H groups in total. The number of aromatic amines is 1. The Bertz CT molecular complexity index is 1540. The molecule has 176 valence electrons. The minimum Gasteiger partial charge on any atom is -0.495 e. The van der Waals surface area contributed by atoms with Gasteiger partial charge < -0.3 is 15.0 Å². The molecule has 0 spiro atoms. The maximum atomic E-state index is 12.7. The van der Waals surface area contributed by atoms with Crippen molar-refractivity contribution < 1.29 is 9.53 Å². The molecule has 6 heteroatoms. The first-order valence-corrected chi connectivity index (χ1v) is 12.0. The molecule has 0 unspecified atom stereocenters. The number of nitrogens with zero attached hydrogens (tertiary/aromatic N) is 1. The lowest BCUT2D eigenvalue weighted by molar-refractivity contribution is -0.116. The predicted octanol–water partition coefficient (Wildman–Crippen LogP) is 7.31. The summed E-state index contributed by atoms with van der Waals surface area (Å²) in [6, 6.07) is 23.9. The Kier molecular flexibility index (Phi) is 6.43. The van der Waals surface area contributed by atoms with Gasteiger partial charge in [0.2, 0.25) is 5.91 Å². The number of ether oxygens (including phenoxy) is 1. The third-order valence-electron chi connectivity index (χ3n) is 6.18. The summed E-state index contributed by atoms with van der Waals surface area (Å²) in [6.45, 7) is 2.09. The smallest absolute Gasteiger partial charge is 0.224 e. The summed E-state index contributed by atoms with van der Waals surface area (Å²) in [7, 11) is 1.57. The van der Waals surface area contributed by atoms with E-state index in [9.17, 15) is 4.79 Å². The zero-order valence-corrected chi connectivity index (χ0v) is 20.4. The van der Waals surface area contributed by atoms with Crippen LogP contribution in [0.2, 0.25) is 5.02 Å². The monoisotopic (exact) mass is 483 g/mol. The Morgan fingerprint density at radius 1 is 1.06 bits per heavy atom. The number of nitrogens with one attached hydrogen (secondary N) is 2. The molecule has 0 radical (unpaired) electrons. The van der Waals surface area contributed by atoms with Crippen LogP contribution in [0.4, 0.5) is 5.69 Å². The van der Waals surface area contributed by atoms with Crippen molar-refractivity contribution >= 4 is 45.0 Å². The molecule has 2 aromatic heterocycles. The molecule has 1 amide bonds. The van der Waals surface area contributed by atoms with E-state index in [0.717, 1.165) is 34.2 Å². The van der Waals surface area contributed by atoms with Crippen LogP contribution in [0.1, 0.15) is 24.0 Å². The Labute approximate surface area is 209 Å². The molecule has 0 fully saturated rings. The van der Waals surface area contributed by atoms with E-state index in [2.05, 4.69) is 53.6 Å². The van der Waals surface area contributed by atoms with Crippen LogP contribution in [0.25, 0.3) is 33.2 Å². The summed E-state index contributed by atoms with van der Waals surface area (Å²) in [4.78, 5) is 21.2. The lowest BCUT2D eigenvalue weighted by Gasteiger charge is -2.11. The van der Waals surface area contributed by atoms with Crippen LogP contribution in [-0.2, 0) is 11.2 Å². The van der Waals surface area contributed by atoms with Gasteiger partial charge in [0, 0.05) is 27.7 Å². The number of hydrogen-bond acceptors (Lipinski definition) is 3. The lowest BCUT2D eigenvalue weighted by atomic mass is 10.0. The van der Waals surface area contributed by atoms with Crippen molar-refractivity contribution in [1.82, 2.24) is 9.97 Å². The van der Waals surface area contributed by atoms with Gasteiger partial charge in [0.05, 0.1) is 29.7 Å². The van der Waals surface area contributed by atoms with Gasteiger partial charge in [0.1, 0.15) is 5.75 Å². The third kappa shape index (κ3) is 4.86. The highest BCUT2D eigenvalue weighted by Crippen LogP contribution is 2.33. The molecule has 0 aliphatic rings. The fourth-order valence-corrected chi connectivity index (χ4v) is 4.63. The van der Waals surface area contributed by atoms with Gasteiger partial charge in [-0.25, -0.2) is 4.98 Å². The third-order valence-corrected chi connectivity index (χ3v) is 6.42. The van der Waals surface area contributed by atoms with Crippen molar-refractivity contribution in [3.63, 3.8) is 0 Å². The first-order valence-electron chi connectivity index (χ1n) is 11.6. The molecule has 0 saturated heterocycles. The number of rotatable bonds is 7. The highest BCUT2D eigenvalue weighted by atomic mass is 35.5. The average molecular weight is 484 g/mol. The lowest BCUT2D eigenvalue weighted by Crippen LogP contribution is -2.12. The fourth-order valence-electron chi connectivity index (χ4n) is 4.46. The number of aryl methyl sites for hydroxylation is 2. The topological polar surface area (TPSA) is 67.0 Å². The Morgan fingerprint density at radius 3 is 2.77 bits per heavy atom. The summed E-state index contributed by atoms with van der Waals surface area (Å²) in [5.74, 6) is 0.506. The van der Waals surface area contributed by atoms with Crippen molar-refractivity contribution in [2.75, 3.05) is 12.4 Å². The van der Waals surface area contributed by atoms with Gasteiger partial charge in [-0.1, -0.05) is 47.5 Å². The standard InChI is InChI=1S/C29H26ClN3O2/c1-18-10-13-24-22(16-18)21(29(33-24)25-14-11-19-6-3-4-8-23(19)31-25)7-5-9-28(34)32-26-17-20(30)12-15-27(26)35-2/h3-4,6,8,10-17,33H,5,7,9H2,1-2H3,(H,32,34). The van der Waals surface area contributed by atoms with Crippen LogP contribution in [0.5, 0.6) is 5.75 Å². The van der Waals surface area contributed by atoms with Crippen LogP contribution < -0.4 is 10.1 Å². The molecule has 5 rings (SSSR count). The zero-order chi connectivity index (χ0) is 24.4. The van der Waals surface area contributed by atoms with E-state index >= 15 is 0 Å². The molecule has 35 heavy (non-hydrogen) atoms.